The summed E-state index contributed by atoms with van der Waals surface area (Å²) in [4.78, 5) is 0.154. The van der Waals surface area contributed by atoms with E-state index in [2.05, 4.69) is 0 Å². The second-order valence-corrected chi connectivity index (χ2v) is 13.4. The topological polar surface area (TPSA) is 84.0 Å². The number of ether oxygens (including phenoxy) is 1. The molecule has 0 aliphatic carbocycles. The van der Waals surface area contributed by atoms with Crippen molar-refractivity contribution in [2.24, 2.45) is 5.92 Å². The van der Waals surface area contributed by atoms with Crippen LogP contribution in [-0.2, 0) is 31.3 Å². The highest BCUT2D eigenvalue weighted by molar-refractivity contribution is 7.89. The molecule has 0 saturated carbocycles. The summed E-state index contributed by atoms with van der Waals surface area (Å²) in [7, 11) is -7.58. The van der Waals surface area contributed by atoms with Crippen molar-refractivity contribution in [3.05, 3.63) is 59.1 Å². The maximum absolute atomic E-state index is 13.6. The van der Waals surface area contributed by atoms with Crippen molar-refractivity contribution in [1.29, 1.82) is 0 Å². The molecule has 2 aromatic carbocycles. The highest BCUT2D eigenvalue weighted by Gasteiger charge is 2.32. The van der Waals surface area contributed by atoms with E-state index in [4.69, 9.17) is 16.3 Å². The van der Waals surface area contributed by atoms with Gasteiger partial charge in [-0.2, -0.15) is 8.61 Å². The first-order valence-electron chi connectivity index (χ1n) is 11.6. The number of nitrogens with zero attached hydrogens (tertiary/aromatic N) is 2. The summed E-state index contributed by atoms with van der Waals surface area (Å²) in [6, 6.07) is 12.7. The molecule has 2 aromatic rings. The molecule has 7 nitrogen and oxygen atoms in total. The molecule has 186 valence electrons. The molecular formula is C24H31ClN2O5S2. The third kappa shape index (κ3) is 5.66. The molecule has 0 N–H and O–H groups in total. The number of benzene rings is 2. The lowest BCUT2D eigenvalue weighted by Gasteiger charge is -2.30. The molecule has 10 heteroatoms. The van der Waals surface area contributed by atoms with Gasteiger partial charge in [-0.1, -0.05) is 36.7 Å². The van der Waals surface area contributed by atoms with Crippen molar-refractivity contribution in [2.45, 2.75) is 55.0 Å². The Morgan fingerprint density at radius 3 is 2.35 bits per heavy atom. The molecule has 0 aromatic heterocycles. The predicted molar refractivity (Wildman–Crippen MR) is 132 cm³/mol. The van der Waals surface area contributed by atoms with E-state index < -0.39 is 20.0 Å². The summed E-state index contributed by atoms with van der Waals surface area (Å²) in [6.07, 6.45) is 3.34. The first-order valence-corrected chi connectivity index (χ1v) is 14.9. The lowest BCUT2D eigenvalue weighted by molar-refractivity contribution is 0.0926. The zero-order chi connectivity index (χ0) is 24.3. The monoisotopic (exact) mass is 526 g/mol. The molecule has 34 heavy (non-hydrogen) atoms. The van der Waals surface area contributed by atoms with Gasteiger partial charge in [0.05, 0.1) is 15.9 Å². The first-order chi connectivity index (χ1) is 16.2. The number of piperidine rings is 1. The Hall–Kier alpha value is -1.49. The van der Waals surface area contributed by atoms with Gasteiger partial charge in [0.1, 0.15) is 0 Å². The zero-order valence-corrected chi connectivity index (χ0v) is 21.7. The fourth-order valence-electron chi connectivity index (χ4n) is 4.53. The molecule has 2 atom stereocenters. The fraction of sp³-hybridized carbons (Fsp3) is 0.500. The van der Waals surface area contributed by atoms with Crippen LogP contribution in [0.5, 0.6) is 0 Å². The number of halogens is 1. The van der Waals surface area contributed by atoms with Crippen LogP contribution in [0.1, 0.15) is 38.2 Å². The van der Waals surface area contributed by atoms with Gasteiger partial charge in [-0.3, -0.25) is 0 Å². The van der Waals surface area contributed by atoms with Gasteiger partial charge >= 0.3 is 0 Å². The summed E-state index contributed by atoms with van der Waals surface area (Å²) >= 11 is 6.31. The first kappa shape index (κ1) is 25.6. The summed E-state index contributed by atoms with van der Waals surface area (Å²) in [6.45, 7) is 3.94. The van der Waals surface area contributed by atoms with Crippen LogP contribution < -0.4 is 0 Å². The van der Waals surface area contributed by atoms with E-state index in [-0.39, 0.29) is 29.0 Å². The van der Waals surface area contributed by atoms with Crippen LogP contribution in [0.2, 0.25) is 5.02 Å². The minimum atomic E-state index is -3.91. The number of hydrogen-bond acceptors (Lipinski definition) is 5. The highest BCUT2D eigenvalue weighted by atomic mass is 35.5. The summed E-state index contributed by atoms with van der Waals surface area (Å²) in [5, 5.41) is 0.493. The van der Waals surface area contributed by atoms with Crippen molar-refractivity contribution in [3.8, 4) is 0 Å². The quantitative estimate of drug-likeness (QED) is 0.516. The lowest BCUT2D eigenvalue weighted by atomic mass is 10.0. The third-order valence-electron chi connectivity index (χ3n) is 6.45. The van der Waals surface area contributed by atoms with E-state index in [1.54, 1.807) is 18.2 Å². The molecule has 0 unspecified atom stereocenters. The minimum Gasteiger partial charge on any atom is -0.377 e. The normalized spacial score (nSPS) is 22.3. The van der Waals surface area contributed by atoms with Gasteiger partial charge in [0.2, 0.25) is 20.0 Å². The van der Waals surface area contributed by atoms with Crippen molar-refractivity contribution in [1.82, 2.24) is 8.61 Å². The smallest absolute Gasteiger partial charge is 0.243 e. The molecule has 2 aliphatic rings. The standard InChI is InChI=1S/C24H31ClN2O5S2/c1-19-6-4-14-26(16-19)33(28,29)22-10-12-23(13-11-22)34(30,31)27(18-21-8-5-15-32-21)17-20-7-2-3-9-24(20)25/h2-3,7,9-13,19,21H,4-6,8,14-18H2,1H3/t19-,21-/m1/s1. The van der Waals surface area contributed by atoms with Crippen LogP contribution in [-0.4, -0.2) is 57.8 Å². The van der Waals surface area contributed by atoms with Crippen LogP contribution in [0.3, 0.4) is 0 Å². The highest BCUT2D eigenvalue weighted by Crippen LogP contribution is 2.28. The average molecular weight is 527 g/mol. The van der Waals surface area contributed by atoms with Crippen molar-refractivity contribution in [3.63, 3.8) is 0 Å². The van der Waals surface area contributed by atoms with E-state index in [1.807, 2.05) is 13.0 Å². The van der Waals surface area contributed by atoms with Gasteiger partial charge < -0.3 is 4.74 Å². The number of hydrogen-bond donors (Lipinski definition) is 0. The second-order valence-electron chi connectivity index (χ2n) is 9.11. The predicted octanol–water partition coefficient (Wildman–Crippen LogP) is 4.13. The van der Waals surface area contributed by atoms with Gasteiger partial charge in [0.15, 0.2) is 0 Å². The molecule has 0 amide bonds. The molecule has 2 saturated heterocycles. The van der Waals surface area contributed by atoms with E-state index in [0.29, 0.717) is 36.2 Å². The Morgan fingerprint density at radius 1 is 1.00 bits per heavy atom. The summed E-state index contributed by atoms with van der Waals surface area (Å²) in [5.74, 6) is 0.305. The maximum Gasteiger partial charge on any atom is 0.243 e. The molecule has 0 spiro atoms. The van der Waals surface area contributed by atoms with Crippen LogP contribution in [0.4, 0.5) is 0 Å². The fourth-order valence-corrected chi connectivity index (χ4v) is 7.77. The minimum absolute atomic E-state index is 0.0449. The molecular weight excluding hydrogens is 496 g/mol. The zero-order valence-electron chi connectivity index (χ0n) is 19.3. The molecule has 4 rings (SSSR count). The van der Waals surface area contributed by atoms with Gasteiger partial charge in [0, 0.05) is 37.8 Å². The third-order valence-corrected chi connectivity index (χ3v) is 10.5. The van der Waals surface area contributed by atoms with E-state index >= 15 is 0 Å². The van der Waals surface area contributed by atoms with Gasteiger partial charge in [-0.05, 0) is 67.5 Å². The van der Waals surface area contributed by atoms with Crippen LogP contribution in [0.25, 0.3) is 0 Å². The Labute approximate surface area is 207 Å². The van der Waals surface area contributed by atoms with E-state index in [1.165, 1.54) is 32.9 Å². The van der Waals surface area contributed by atoms with E-state index in [9.17, 15) is 16.8 Å². The molecule has 2 fully saturated rings. The molecule has 2 heterocycles. The lowest BCUT2D eigenvalue weighted by Crippen LogP contribution is -2.39. The Bertz CT molecular complexity index is 1200. The Kier molecular flexibility index (Phi) is 8.01. The van der Waals surface area contributed by atoms with Crippen LogP contribution >= 0.6 is 11.6 Å². The molecule has 2 aliphatic heterocycles. The van der Waals surface area contributed by atoms with Crippen molar-refractivity contribution in [2.75, 3.05) is 26.2 Å². The number of rotatable bonds is 8. The Balaban J connectivity index is 1.60. The molecule has 0 radical (unpaired) electrons. The molecule has 0 bridgehead atoms. The second kappa shape index (κ2) is 10.6. The van der Waals surface area contributed by atoms with Crippen molar-refractivity contribution >= 4 is 31.6 Å². The summed E-state index contributed by atoms with van der Waals surface area (Å²) < 4.78 is 61.9. The average Bonchev–Trinajstić information content (AvgIpc) is 3.33. The maximum atomic E-state index is 13.6. The SMILES string of the molecule is C[C@@H]1CCCN(S(=O)(=O)c2ccc(S(=O)(=O)N(Cc3ccccc3Cl)C[C@H]3CCCO3)cc2)C1. The summed E-state index contributed by atoms with van der Waals surface area (Å²) in [5.41, 5.74) is 0.698. The van der Waals surface area contributed by atoms with Gasteiger partial charge in [-0.15, -0.1) is 0 Å². The largest absolute Gasteiger partial charge is 0.377 e. The number of sulfonamides is 2. The van der Waals surface area contributed by atoms with Crippen molar-refractivity contribution < 1.29 is 21.6 Å². The van der Waals surface area contributed by atoms with E-state index in [0.717, 1.165) is 25.7 Å². The Morgan fingerprint density at radius 2 is 1.71 bits per heavy atom. The van der Waals surface area contributed by atoms with Gasteiger partial charge in [0.25, 0.3) is 0 Å². The van der Waals surface area contributed by atoms with Gasteiger partial charge in [-0.25, -0.2) is 16.8 Å². The van der Waals surface area contributed by atoms with Crippen LogP contribution in [0.15, 0.2) is 58.3 Å². The van der Waals surface area contributed by atoms with Crippen LogP contribution in [0, 0.1) is 5.92 Å².